The molecule has 0 radical (unpaired) electrons. The van der Waals surface area contributed by atoms with Crippen LogP contribution in [-0.2, 0) is 11.2 Å². The van der Waals surface area contributed by atoms with E-state index < -0.39 is 5.97 Å². The zero-order chi connectivity index (χ0) is 25.8. The SMILES string of the molecule is O=C(O)c1cc(-c2ccc(/C=C3/SC(=Nc4ccccc4)N(CCc4ccccc4)C3=O)o2)ccc1Cl. The molecule has 0 saturated carbocycles. The molecule has 3 aromatic carbocycles. The fourth-order valence-corrected chi connectivity index (χ4v) is 5.05. The van der Waals surface area contributed by atoms with Gasteiger partial charge in [0.15, 0.2) is 5.17 Å². The second-order valence-electron chi connectivity index (χ2n) is 8.23. The Hall–Kier alpha value is -4.07. The predicted molar refractivity (Wildman–Crippen MR) is 147 cm³/mol. The molecule has 184 valence electrons. The van der Waals surface area contributed by atoms with Gasteiger partial charge in [0.25, 0.3) is 5.91 Å². The second-order valence-corrected chi connectivity index (χ2v) is 9.65. The van der Waals surface area contributed by atoms with Gasteiger partial charge in [-0.25, -0.2) is 9.79 Å². The lowest BCUT2D eigenvalue weighted by molar-refractivity contribution is -0.122. The van der Waals surface area contributed by atoms with Gasteiger partial charge in [-0.3, -0.25) is 9.69 Å². The first kappa shape index (κ1) is 24.6. The van der Waals surface area contributed by atoms with Gasteiger partial charge in [-0.1, -0.05) is 60.1 Å². The average molecular weight is 529 g/mol. The zero-order valence-electron chi connectivity index (χ0n) is 19.5. The maximum absolute atomic E-state index is 13.4. The number of halogens is 1. The van der Waals surface area contributed by atoms with E-state index in [9.17, 15) is 14.7 Å². The second kappa shape index (κ2) is 10.9. The fourth-order valence-electron chi connectivity index (χ4n) is 3.84. The molecule has 37 heavy (non-hydrogen) atoms. The number of aromatic carboxylic acids is 1. The highest BCUT2D eigenvalue weighted by Gasteiger charge is 2.33. The molecule has 1 aromatic heterocycles. The number of benzene rings is 3. The zero-order valence-corrected chi connectivity index (χ0v) is 21.1. The number of thioether (sulfide) groups is 1. The molecule has 0 aliphatic carbocycles. The summed E-state index contributed by atoms with van der Waals surface area (Å²) in [4.78, 5) is 31.7. The number of furan rings is 1. The number of hydrogen-bond acceptors (Lipinski definition) is 5. The smallest absolute Gasteiger partial charge is 0.337 e. The molecular weight excluding hydrogens is 508 g/mol. The van der Waals surface area contributed by atoms with E-state index in [0.717, 1.165) is 11.3 Å². The highest BCUT2D eigenvalue weighted by Crippen LogP contribution is 2.35. The minimum atomic E-state index is -1.12. The van der Waals surface area contributed by atoms with Crippen LogP contribution < -0.4 is 0 Å². The molecule has 1 amide bonds. The third kappa shape index (κ3) is 5.69. The first-order chi connectivity index (χ1) is 18.0. The van der Waals surface area contributed by atoms with Crippen LogP contribution in [0, 0.1) is 0 Å². The summed E-state index contributed by atoms with van der Waals surface area (Å²) in [5.74, 6) is -0.315. The van der Waals surface area contributed by atoms with E-state index in [4.69, 9.17) is 21.0 Å². The van der Waals surface area contributed by atoms with Crippen LogP contribution in [0.5, 0.6) is 0 Å². The molecule has 1 N–H and O–H groups in total. The van der Waals surface area contributed by atoms with Gasteiger partial charge < -0.3 is 9.52 Å². The van der Waals surface area contributed by atoms with Crippen LogP contribution in [0.4, 0.5) is 5.69 Å². The Morgan fingerprint density at radius 2 is 1.73 bits per heavy atom. The van der Waals surface area contributed by atoms with Gasteiger partial charge in [-0.2, -0.15) is 0 Å². The van der Waals surface area contributed by atoms with Crippen LogP contribution in [0.3, 0.4) is 0 Å². The lowest BCUT2D eigenvalue weighted by atomic mass is 10.1. The van der Waals surface area contributed by atoms with Crippen molar-refractivity contribution in [2.24, 2.45) is 4.99 Å². The number of nitrogens with zero attached hydrogens (tertiary/aromatic N) is 2. The molecule has 8 heteroatoms. The average Bonchev–Trinajstić information content (AvgIpc) is 3.49. The number of aliphatic imine (C=N–C) groups is 1. The number of hydrogen-bond donors (Lipinski definition) is 1. The van der Waals surface area contributed by atoms with E-state index in [-0.39, 0.29) is 16.5 Å². The number of carboxylic acid groups (broad SMARTS) is 1. The van der Waals surface area contributed by atoms with Crippen LogP contribution in [-0.4, -0.2) is 33.6 Å². The highest BCUT2D eigenvalue weighted by atomic mass is 35.5. The molecule has 0 bridgehead atoms. The van der Waals surface area contributed by atoms with E-state index in [0.29, 0.717) is 40.1 Å². The molecule has 1 aliphatic rings. The minimum absolute atomic E-state index is 0.00665. The minimum Gasteiger partial charge on any atom is -0.478 e. The molecule has 2 heterocycles. The number of carbonyl (C=O) groups is 2. The topological polar surface area (TPSA) is 83.1 Å². The summed E-state index contributed by atoms with van der Waals surface area (Å²) in [7, 11) is 0. The van der Waals surface area contributed by atoms with Gasteiger partial charge in [0.1, 0.15) is 11.5 Å². The van der Waals surface area contributed by atoms with Crippen molar-refractivity contribution >= 4 is 52.2 Å². The molecule has 5 rings (SSSR count). The predicted octanol–water partition coefficient (Wildman–Crippen LogP) is 7.14. The van der Waals surface area contributed by atoms with Crippen molar-refractivity contribution in [2.45, 2.75) is 6.42 Å². The molecule has 0 atom stereocenters. The molecule has 1 saturated heterocycles. The van der Waals surface area contributed by atoms with E-state index in [1.165, 1.54) is 23.9 Å². The van der Waals surface area contributed by atoms with Crippen molar-refractivity contribution < 1.29 is 19.1 Å². The van der Waals surface area contributed by atoms with Crippen LogP contribution in [0.2, 0.25) is 5.02 Å². The number of amidine groups is 1. The largest absolute Gasteiger partial charge is 0.478 e. The Labute approximate surface area is 222 Å². The van der Waals surface area contributed by atoms with Gasteiger partial charge in [0.2, 0.25) is 0 Å². The van der Waals surface area contributed by atoms with Crippen molar-refractivity contribution in [1.82, 2.24) is 4.90 Å². The number of carbonyl (C=O) groups excluding carboxylic acids is 1. The molecule has 0 unspecified atom stereocenters. The number of para-hydroxylation sites is 1. The van der Waals surface area contributed by atoms with Crippen LogP contribution >= 0.6 is 23.4 Å². The molecule has 1 aliphatic heterocycles. The molecular formula is C29H21ClN2O4S. The van der Waals surface area contributed by atoms with Gasteiger partial charge in [0, 0.05) is 18.2 Å². The Morgan fingerprint density at radius 3 is 2.46 bits per heavy atom. The first-order valence-corrected chi connectivity index (χ1v) is 12.7. The highest BCUT2D eigenvalue weighted by molar-refractivity contribution is 8.18. The van der Waals surface area contributed by atoms with E-state index >= 15 is 0 Å². The molecule has 6 nitrogen and oxygen atoms in total. The quantitative estimate of drug-likeness (QED) is 0.258. The van der Waals surface area contributed by atoms with Crippen molar-refractivity contribution in [3.05, 3.63) is 118 Å². The van der Waals surface area contributed by atoms with Gasteiger partial charge >= 0.3 is 5.97 Å². The summed E-state index contributed by atoms with van der Waals surface area (Å²) >= 11 is 7.28. The summed E-state index contributed by atoms with van der Waals surface area (Å²) < 4.78 is 5.94. The van der Waals surface area contributed by atoms with Gasteiger partial charge in [0.05, 0.1) is 21.2 Å². The lowest BCUT2D eigenvalue weighted by Crippen LogP contribution is -2.31. The third-order valence-electron chi connectivity index (χ3n) is 5.72. The van der Waals surface area contributed by atoms with Crippen molar-refractivity contribution in [3.8, 4) is 11.3 Å². The van der Waals surface area contributed by atoms with Gasteiger partial charge in [-0.05, 0) is 66.2 Å². The summed E-state index contributed by atoms with van der Waals surface area (Å²) in [6, 6.07) is 27.7. The van der Waals surface area contributed by atoms with E-state index in [2.05, 4.69) is 0 Å². The molecule has 0 spiro atoms. The normalized spacial score (nSPS) is 15.6. The van der Waals surface area contributed by atoms with Gasteiger partial charge in [-0.15, -0.1) is 0 Å². The van der Waals surface area contributed by atoms with Crippen LogP contribution in [0.25, 0.3) is 17.4 Å². The number of amides is 1. The fraction of sp³-hybridized carbons (Fsp3) is 0.0690. The van der Waals surface area contributed by atoms with E-state index in [1.807, 2.05) is 60.7 Å². The maximum Gasteiger partial charge on any atom is 0.337 e. The van der Waals surface area contributed by atoms with Crippen molar-refractivity contribution in [1.29, 1.82) is 0 Å². The van der Waals surface area contributed by atoms with Crippen molar-refractivity contribution in [3.63, 3.8) is 0 Å². The Bertz CT molecular complexity index is 1510. The van der Waals surface area contributed by atoms with Crippen molar-refractivity contribution in [2.75, 3.05) is 6.54 Å². The summed E-state index contributed by atoms with van der Waals surface area (Å²) in [6.45, 7) is 0.491. The Morgan fingerprint density at radius 1 is 1.00 bits per heavy atom. The number of carboxylic acids is 1. The first-order valence-electron chi connectivity index (χ1n) is 11.5. The Kier molecular flexibility index (Phi) is 7.25. The summed E-state index contributed by atoms with van der Waals surface area (Å²) in [5, 5.41) is 10.1. The molecule has 1 fully saturated rings. The van der Waals surface area contributed by atoms with Crippen LogP contribution in [0.15, 0.2) is 105 Å². The third-order valence-corrected chi connectivity index (χ3v) is 7.05. The Balaban J connectivity index is 1.42. The lowest BCUT2D eigenvalue weighted by Gasteiger charge is -2.15. The monoisotopic (exact) mass is 528 g/mol. The molecule has 4 aromatic rings. The maximum atomic E-state index is 13.4. The number of rotatable bonds is 7. The standard InChI is InChI=1S/C29H21ClN2O4S/c30-24-13-11-20(17-23(24)28(34)35)25-14-12-22(36-25)18-26-27(33)32(16-15-19-7-3-1-4-8-19)29(37-26)31-21-9-5-2-6-10-21/h1-14,17-18H,15-16H2,(H,34,35)/b26-18+,31-29?. The van der Waals surface area contributed by atoms with E-state index in [1.54, 1.807) is 29.2 Å². The summed E-state index contributed by atoms with van der Waals surface area (Å²) in [6.07, 6.45) is 2.38. The summed E-state index contributed by atoms with van der Waals surface area (Å²) in [5.41, 5.74) is 2.47. The van der Waals surface area contributed by atoms with Crippen LogP contribution in [0.1, 0.15) is 21.7 Å².